The number of rotatable bonds is 9. The van der Waals surface area contributed by atoms with Crippen molar-refractivity contribution in [1.82, 2.24) is 9.21 Å². The molecule has 0 heterocycles. The summed E-state index contributed by atoms with van der Waals surface area (Å²) in [7, 11) is -1.05. The van der Waals surface area contributed by atoms with Crippen molar-refractivity contribution in [2.24, 2.45) is 0 Å². The Morgan fingerprint density at radius 2 is 1.67 bits per heavy atom. The van der Waals surface area contributed by atoms with Gasteiger partial charge >= 0.3 is 0 Å². The number of benzene rings is 2. The van der Waals surface area contributed by atoms with Crippen molar-refractivity contribution in [3.8, 4) is 5.75 Å². The van der Waals surface area contributed by atoms with E-state index in [2.05, 4.69) is 5.32 Å². The van der Waals surface area contributed by atoms with Crippen molar-refractivity contribution >= 4 is 27.5 Å². The maximum Gasteiger partial charge on any atom is 0.253 e. The number of hydrogen-bond donors (Lipinski definition) is 1. The van der Waals surface area contributed by atoms with E-state index in [0.717, 1.165) is 4.31 Å². The van der Waals surface area contributed by atoms with Gasteiger partial charge in [0, 0.05) is 37.5 Å². The van der Waals surface area contributed by atoms with Crippen LogP contribution in [0.25, 0.3) is 0 Å². The van der Waals surface area contributed by atoms with Gasteiger partial charge in [0.2, 0.25) is 15.9 Å². The van der Waals surface area contributed by atoms with Gasteiger partial charge in [-0.25, -0.2) is 8.42 Å². The van der Waals surface area contributed by atoms with Crippen molar-refractivity contribution in [3.63, 3.8) is 0 Å². The highest BCUT2D eigenvalue weighted by Crippen LogP contribution is 2.18. The van der Waals surface area contributed by atoms with E-state index in [9.17, 15) is 18.0 Å². The fourth-order valence-electron chi connectivity index (χ4n) is 2.83. The zero-order valence-electron chi connectivity index (χ0n) is 17.6. The number of sulfonamides is 1. The minimum absolute atomic E-state index is 0.00952. The molecule has 9 heteroatoms. The SMILES string of the molecule is CCN(CC)C(=O)c1ccc(S(=O)(=O)N(C)CC(=O)Nc2cccc(OC)c2)cc1. The second-order valence-corrected chi connectivity index (χ2v) is 8.59. The first-order chi connectivity index (χ1) is 14.2. The third-order valence-corrected chi connectivity index (χ3v) is 6.40. The summed E-state index contributed by atoms with van der Waals surface area (Å²) in [6.45, 7) is 4.54. The third-order valence-electron chi connectivity index (χ3n) is 4.58. The number of methoxy groups -OCH3 is 1. The van der Waals surface area contributed by atoms with Gasteiger partial charge in [0.05, 0.1) is 18.6 Å². The van der Waals surface area contributed by atoms with E-state index in [0.29, 0.717) is 30.1 Å². The van der Waals surface area contributed by atoms with Crippen LogP contribution in [0.15, 0.2) is 53.4 Å². The molecule has 2 rings (SSSR count). The molecule has 0 radical (unpaired) electrons. The molecule has 2 aromatic carbocycles. The van der Waals surface area contributed by atoms with Crippen LogP contribution < -0.4 is 10.1 Å². The lowest BCUT2D eigenvalue weighted by Gasteiger charge is -2.19. The molecule has 162 valence electrons. The number of ether oxygens (including phenoxy) is 1. The highest BCUT2D eigenvalue weighted by atomic mass is 32.2. The molecule has 0 bridgehead atoms. The predicted octanol–water partition coefficient (Wildman–Crippen LogP) is 2.44. The highest BCUT2D eigenvalue weighted by Gasteiger charge is 2.24. The van der Waals surface area contributed by atoms with Gasteiger partial charge in [-0.1, -0.05) is 6.07 Å². The molecule has 0 unspecified atom stereocenters. The molecule has 0 saturated heterocycles. The Labute approximate surface area is 177 Å². The van der Waals surface area contributed by atoms with Gasteiger partial charge in [0.15, 0.2) is 0 Å². The number of nitrogens with one attached hydrogen (secondary N) is 1. The number of nitrogens with zero attached hydrogens (tertiary/aromatic N) is 2. The third kappa shape index (κ3) is 5.58. The first-order valence-electron chi connectivity index (χ1n) is 9.52. The van der Waals surface area contributed by atoms with Crippen LogP contribution in [0.1, 0.15) is 24.2 Å². The second-order valence-electron chi connectivity index (χ2n) is 6.54. The molecule has 0 atom stereocenters. The molecule has 0 saturated carbocycles. The average molecular weight is 434 g/mol. The quantitative estimate of drug-likeness (QED) is 0.655. The fraction of sp³-hybridized carbons (Fsp3) is 0.333. The molecule has 0 aliphatic rings. The summed E-state index contributed by atoms with van der Waals surface area (Å²) in [5.74, 6) is -0.0641. The normalized spacial score (nSPS) is 11.2. The molecule has 0 aliphatic carbocycles. The molecule has 0 aliphatic heterocycles. The topological polar surface area (TPSA) is 96.0 Å². The van der Waals surface area contributed by atoms with E-state index in [4.69, 9.17) is 4.74 Å². The van der Waals surface area contributed by atoms with Crippen LogP contribution in [0.4, 0.5) is 5.69 Å². The van der Waals surface area contributed by atoms with Gasteiger partial charge in [0.25, 0.3) is 5.91 Å². The lowest BCUT2D eigenvalue weighted by atomic mass is 10.2. The standard InChI is InChI=1S/C21H27N3O5S/c1-5-24(6-2)21(26)16-10-12-19(13-11-16)30(27,28)23(3)15-20(25)22-17-8-7-9-18(14-17)29-4/h7-14H,5-6,15H2,1-4H3,(H,22,25). The smallest absolute Gasteiger partial charge is 0.253 e. The minimum Gasteiger partial charge on any atom is -0.497 e. The number of carbonyl (C=O) groups excluding carboxylic acids is 2. The Bertz CT molecular complexity index is 986. The van der Waals surface area contributed by atoms with E-state index < -0.39 is 15.9 Å². The number of likely N-dealkylation sites (N-methyl/N-ethyl adjacent to an activating group) is 1. The van der Waals surface area contributed by atoms with E-state index in [1.54, 1.807) is 29.2 Å². The molecular weight excluding hydrogens is 406 g/mol. The zero-order chi connectivity index (χ0) is 22.3. The lowest BCUT2D eigenvalue weighted by Crippen LogP contribution is -2.35. The van der Waals surface area contributed by atoms with Gasteiger partial charge < -0.3 is 15.0 Å². The first kappa shape index (κ1) is 23.4. The van der Waals surface area contributed by atoms with Gasteiger partial charge in [-0.05, 0) is 50.2 Å². The maximum atomic E-state index is 12.8. The molecule has 0 fully saturated rings. The Kier molecular flexibility index (Phi) is 7.96. The summed E-state index contributed by atoms with van der Waals surface area (Å²) < 4.78 is 31.6. The van der Waals surface area contributed by atoms with Crippen LogP contribution in [0.2, 0.25) is 0 Å². The van der Waals surface area contributed by atoms with Crippen LogP contribution in [0, 0.1) is 0 Å². The molecule has 1 N–H and O–H groups in total. The Balaban J connectivity index is 2.08. The predicted molar refractivity (Wildman–Crippen MR) is 115 cm³/mol. The van der Waals surface area contributed by atoms with Crippen molar-refractivity contribution in [2.75, 3.05) is 39.1 Å². The summed E-state index contributed by atoms with van der Waals surface area (Å²) in [5.41, 5.74) is 0.917. The number of anilines is 1. The summed E-state index contributed by atoms with van der Waals surface area (Å²) in [6, 6.07) is 12.5. The molecule has 8 nitrogen and oxygen atoms in total. The fourth-order valence-corrected chi connectivity index (χ4v) is 3.96. The van der Waals surface area contributed by atoms with Crippen molar-refractivity contribution in [2.45, 2.75) is 18.7 Å². The van der Waals surface area contributed by atoms with E-state index in [1.807, 2.05) is 13.8 Å². The summed E-state index contributed by atoms with van der Waals surface area (Å²) in [4.78, 5) is 26.3. The van der Waals surface area contributed by atoms with Gasteiger partial charge in [-0.15, -0.1) is 0 Å². The largest absolute Gasteiger partial charge is 0.497 e. The maximum absolute atomic E-state index is 12.8. The van der Waals surface area contributed by atoms with Crippen LogP contribution in [-0.4, -0.2) is 63.2 Å². The molecule has 2 amide bonds. The molecule has 0 aromatic heterocycles. The van der Waals surface area contributed by atoms with Crippen LogP contribution in [-0.2, 0) is 14.8 Å². The average Bonchev–Trinajstić information content (AvgIpc) is 2.74. The highest BCUT2D eigenvalue weighted by molar-refractivity contribution is 7.89. The van der Waals surface area contributed by atoms with Crippen LogP contribution >= 0.6 is 0 Å². The summed E-state index contributed by atoms with van der Waals surface area (Å²) in [6.07, 6.45) is 0. The first-order valence-corrected chi connectivity index (χ1v) is 11.0. The summed E-state index contributed by atoms with van der Waals surface area (Å²) >= 11 is 0. The van der Waals surface area contributed by atoms with E-state index >= 15 is 0 Å². The van der Waals surface area contributed by atoms with Crippen molar-refractivity contribution in [3.05, 3.63) is 54.1 Å². The van der Waals surface area contributed by atoms with E-state index in [-0.39, 0.29) is 17.3 Å². The van der Waals surface area contributed by atoms with Crippen LogP contribution in [0.5, 0.6) is 5.75 Å². The van der Waals surface area contributed by atoms with Gasteiger partial charge in [-0.3, -0.25) is 9.59 Å². The molecular formula is C21H27N3O5S. The Hall–Kier alpha value is -2.91. The van der Waals surface area contributed by atoms with E-state index in [1.165, 1.54) is 38.4 Å². The van der Waals surface area contributed by atoms with Crippen molar-refractivity contribution < 1.29 is 22.7 Å². The molecule has 0 spiro atoms. The number of carbonyl (C=O) groups is 2. The lowest BCUT2D eigenvalue weighted by molar-refractivity contribution is -0.116. The number of amides is 2. The minimum atomic E-state index is -3.89. The molecule has 2 aromatic rings. The summed E-state index contributed by atoms with van der Waals surface area (Å²) in [5, 5.41) is 2.65. The molecule has 30 heavy (non-hydrogen) atoms. The van der Waals surface area contributed by atoms with Gasteiger partial charge in [0.1, 0.15) is 5.75 Å². The second kappa shape index (κ2) is 10.2. The van der Waals surface area contributed by atoms with Crippen LogP contribution in [0.3, 0.4) is 0 Å². The Morgan fingerprint density at radius 1 is 1.03 bits per heavy atom. The monoisotopic (exact) mass is 433 g/mol. The van der Waals surface area contributed by atoms with Crippen molar-refractivity contribution in [1.29, 1.82) is 0 Å². The van der Waals surface area contributed by atoms with Gasteiger partial charge in [-0.2, -0.15) is 4.31 Å². The number of hydrogen-bond acceptors (Lipinski definition) is 5. The Morgan fingerprint density at radius 3 is 2.23 bits per heavy atom. The zero-order valence-corrected chi connectivity index (χ0v) is 18.4.